The van der Waals surface area contributed by atoms with Gasteiger partial charge in [0.25, 0.3) is 5.91 Å². The standard InChI is InChI=1S/C23H14FN5O5S2/c24-14-4-6-17-18(11-14)36-23(26-17)28(25-12-16-5-9-21(35-16)29(33)34)22(32)13-2-1-3-15(10-13)27-19(30)7-8-20(27)31/h1-6,9-12H,7-8H2/b25-12+. The normalized spacial score (nSPS) is 13.8. The number of benzene rings is 2. The van der Waals surface area contributed by atoms with E-state index < -0.39 is 16.6 Å². The molecule has 0 saturated carbocycles. The molecule has 0 aliphatic carbocycles. The largest absolute Gasteiger partial charge is 0.324 e. The molecule has 1 aliphatic rings. The van der Waals surface area contributed by atoms with Gasteiger partial charge in [-0.25, -0.2) is 9.37 Å². The molecule has 180 valence electrons. The number of hydrogen-bond acceptors (Lipinski definition) is 9. The highest BCUT2D eigenvalue weighted by Crippen LogP contribution is 2.32. The predicted octanol–water partition coefficient (Wildman–Crippen LogP) is 4.74. The summed E-state index contributed by atoms with van der Waals surface area (Å²) in [5.74, 6) is -1.80. The highest BCUT2D eigenvalue weighted by Gasteiger charge is 2.31. The second-order valence-corrected chi connectivity index (χ2v) is 9.68. The van der Waals surface area contributed by atoms with Crippen molar-refractivity contribution in [3.8, 4) is 0 Å². The summed E-state index contributed by atoms with van der Waals surface area (Å²) in [4.78, 5) is 54.2. The lowest BCUT2D eigenvalue weighted by atomic mass is 10.1. The van der Waals surface area contributed by atoms with Gasteiger partial charge in [0.1, 0.15) is 5.82 Å². The molecule has 2 aromatic carbocycles. The van der Waals surface area contributed by atoms with E-state index in [0.29, 0.717) is 15.1 Å². The third kappa shape index (κ3) is 4.48. The Morgan fingerprint density at radius 2 is 1.89 bits per heavy atom. The fraction of sp³-hybridized carbons (Fsp3) is 0.0870. The molecule has 0 atom stereocenters. The van der Waals surface area contributed by atoms with Gasteiger partial charge in [-0.2, -0.15) is 10.1 Å². The van der Waals surface area contributed by atoms with E-state index in [1.165, 1.54) is 48.7 Å². The van der Waals surface area contributed by atoms with E-state index in [1.54, 1.807) is 12.1 Å². The van der Waals surface area contributed by atoms with Crippen LogP contribution in [0.2, 0.25) is 0 Å². The summed E-state index contributed by atoms with van der Waals surface area (Å²) in [5.41, 5.74) is 0.843. The molecule has 2 aromatic heterocycles. The summed E-state index contributed by atoms with van der Waals surface area (Å²) in [6, 6.07) is 12.8. The molecule has 0 unspecified atom stereocenters. The van der Waals surface area contributed by atoms with E-state index in [4.69, 9.17) is 0 Å². The first-order chi connectivity index (χ1) is 17.3. The quantitative estimate of drug-likeness (QED) is 0.156. The maximum atomic E-state index is 13.7. The number of amides is 3. The molecule has 0 bridgehead atoms. The number of halogens is 1. The van der Waals surface area contributed by atoms with Gasteiger partial charge in [-0.3, -0.25) is 29.4 Å². The van der Waals surface area contributed by atoms with Gasteiger partial charge in [-0.05, 0) is 42.5 Å². The van der Waals surface area contributed by atoms with Crippen molar-refractivity contribution in [1.29, 1.82) is 0 Å². The van der Waals surface area contributed by atoms with Crippen molar-refractivity contribution in [1.82, 2.24) is 4.98 Å². The molecule has 0 N–H and O–H groups in total. The van der Waals surface area contributed by atoms with Crippen LogP contribution in [0.3, 0.4) is 0 Å². The number of thiazole rings is 1. The fourth-order valence-corrected chi connectivity index (χ4v) is 5.19. The summed E-state index contributed by atoms with van der Waals surface area (Å²) in [6.45, 7) is 0. The number of anilines is 2. The van der Waals surface area contributed by atoms with E-state index in [9.17, 15) is 28.9 Å². The summed E-state index contributed by atoms with van der Waals surface area (Å²) in [6.07, 6.45) is 1.49. The molecule has 1 saturated heterocycles. The third-order valence-corrected chi connectivity index (χ3v) is 7.17. The number of nitro groups is 1. The van der Waals surface area contributed by atoms with Gasteiger partial charge in [-0.1, -0.05) is 28.7 Å². The van der Waals surface area contributed by atoms with Crippen molar-refractivity contribution in [2.45, 2.75) is 12.8 Å². The van der Waals surface area contributed by atoms with Crippen molar-refractivity contribution in [3.63, 3.8) is 0 Å². The Hall–Kier alpha value is -4.36. The Kier molecular flexibility index (Phi) is 6.08. The van der Waals surface area contributed by atoms with Gasteiger partial charge < -0.3 is 0 Å². The highest BCUT2D eigenvalue weighted by atomic mass is 32.1. The SMILES string of the molecule is O=C(c1cccc(N2C(=O)CCC2=O)c1)N(/N=C/c1ccc([N+](=O)[O-])s1)c1nc2ccc(F)cc2s1. The topological polar surface area (TPSA) is 126 Å². The number of aromatic nitrogens is 1. The second-order valence-electron chi connectivity index (χ2n) is 7.58. The minimum atomic E-state index is -0.627. The maximum absolute atomic E-state index is 13.7. The van der Waals surface area contributed by atoms with Crippen molar-refractivity contribution in [3.05, 3.63) is 81.0 Å². The smallest absolute Gasteiger partial charge is 0.274 e. The van der Waals surface area contributed by atoms with Crippen LogP contribution in [0, 0.1) is 15.9 Å². The van der Waals surface area contributed by atoms with E-state index in [2.05, 4.69) is 10.1 Å². The zero-order valence-electron chi connectivity index (χ0n) is 18.2. The Bertz CT molecular complexity index is 1560. The molecule has 1 fully saturated rings. The molecule has 3 heterocycles. The van der Waals surface area contributed by atoms with Crippen LogP contribution < -0.4 is 9.91 Å². The minimum Gasteiger partial charge on any atom is -0.274 e. The summed E-state index contributed by atoms with van der Waals surface area (Å²) in [7, 11) is 0. The average molecular weight is 524 g/mol. The number of hydrazone groups is 1. The van der Waals surface area contributed by atoms with Crippen LogP contribution in [0.4, 0.5) is 20.2 Å². The van der Waals surface area contributed by atoms with Crippen molar-refractivity contribution < 1.29 is 23.7 Å². The van der Waals surface area contributed by atoms with Gasteiger partial charge in [0.05, 0.1) is 31.9 Å². The van der Waals surface area contributed by atoms with Crippen molar-refractivity contribution in [2.24, 2.45) is 5.10 Å². The van der Waals surface area contributed by atoms with Crippen LogP contribution in [-0.2, 0) is 9.59 Å². The Morgan fingerprint density at radius 1 is 1.11 bits per heavy atom. The van der Waals surface area contributed by atoms with E-state index >= 15 is 0 Å². The zero-order chi connectivity index (χ0) is 25.4. The maximum Gasteiger partial charge on any atom is 0.324 e. The van der Waals surface area contributed by atoms with E-state index in [-0.39, 0.29) is 46.0 Å². The number of carbonyl (C=O) groups excluding carboxylic acids is 3. The molecule has 5 rings (SSSR count). The molecular weight excluding hydrogens is 509 g/mol. The Labute approximate surface area is 210 Å². The lowest BCUT2D eigenvalue weighted by Crippen LogP contribution is -2.29. The van der Waals surface area contributed by atoms with Crippen molar-refractivity contribution in [2.75, 3.05) is 9.91 Å². The van der Waals surface area contributed by atoms with Crippen LogP contribution in [0.5, 0.6) is 0 Å². The zero-order valence-corrected chi connectivity index (χ0v) is 19.8. The van der Waals surface area contributed by atoms with Gasteiger partial charge in [0.2, 0.25) is 16.9 Å². The number of imide groups is 1. The van der Waals surface area contributed by atoms with Gasteiger partial charge in [-0.15, -0.1) is 0 Å². The van der Waals surface area contributed by atoms with Crippen LogP contribution >= 0.6 is 22.7 Å². The first-order valence-electron chi connectivity index (χ1n) is 10.4. The molecular formula is C23H14FN5O5S2. The predicted molar refractivity (Wildman–Crippen MR) is 133 cm³/mol. The molecule has 36 heavy (non-hydrogen) atoms. The lowest BCUT2D eigenvalue weighted by Gasteiger charge is -2.17. The number of fused-ring (bicyclic) bond motifs is 1. The Morgan fingerprint density at radius 3 is 2.61 bits per heavy atom. The number of carbonyl (C=O) groups is 3. The first-order valence-corrected chi connectivity index (χ1v) is 12.1. The molecule has 0 radical (unpaired) electrons. The number of hydrogen-bond donors (Lipinski definition) is 0. The number of rotatable bonds is 6. The fourth-order valence-electron chi connectivity index (χ4n) is 3.55. The van der Waals surface area contributed by atoms with Crippen LogP contribution in [0.15, 0.2) is 59.7 Å². The summed E-state index contributed by atoms with van der Waals surface area (Å²) >= 11 is 1.91. The highest BCUT2D eigenvalue weighted by molar-refractivity contribution is 7.22. The van der Waals surface area contributed by atoms with Crippen LogP contribution in [0.25, 0.3) is 10.2 Å². The van der Waals surface area contributed by atoms with Gasteiger partial charge in [0.15, 0.2) is 0 Å². The molecule has 13 heteroatoms. The second kappa shape index (κ2) is 9.36. The summed E-state index contributed by atoms with van der Waals surface area (Å²) in [5, 5.41) is 16.3. The van der Waals surface area contributed by atoms with Gasteiger partial charge >= 0.3 is 5.00 Å². The van der Waals surface area contributed by atoms with Crippen LogP contribution in [0.1, 0.15) is 28.1 Å². The lowest BCUT2D eigenvalue weighted by molar-refractivity contribution is -0.380. The molecule has 4 aromatic rings. The number of nitrogens with zero attached hydrogens (tertiary/aromatic N) is 5. The van der Waals surface area contributed by atoms with Crippen LogP contribution in [-0.4, -0.2) is 33.8 Å². The third-order valence-electron chi connectivity index (χ3n) is 5.21. The molecule has 10 nitrogen and oxygen atoms in total. The minimum absolute atomic E-state index is 0.0857. The Balaban J connectivity index is 1.54. The van der Waals surface area contributed by atoms with E-state index in [0.717, 1.165) is 32.6 Å². The van der Waals surface area contributed by atoms with E-state index in [1.807, 2.05) is 0 Å². The van der Waals surface area contributed by atoms with Gasteiger partial charge in [0, 0.05) is 24.5 Å². The molecule has 3 amide bonds. The van der Waals surface area contributed by atoms with Crippen molar-refractivity contribution >= 4 is 72.6 Å². The average Bonchev–Trinajstić information content (AvgIpc) is 3.57. The number of thiophene rings is 1. The monoisotopic (exact) mass is 523 g/mol. The summed E-state index contributed by atoms with van der Waals surface area (Å²) < 4.78 is 14.2. The molecule has 1 aliphatic heterocycles. The molecule has 0 spiro atoms. The first kappa shape index (κ1) is 23.4.